The lowest BCUT2D eigenvalue weighted by Gasteiger charge is -2.33. The summed E-state index contributed by atoms with van der Waals surface area (Å²) in [6.07, 6.45) is 0. The van der Waals surface area contributed by atoms with Gasteiger partial charge >= 0.3 is 11.9 Å². The van der Waals surface area contributed by atoms with Gasteiger partial charge in [-0.05, 0) is 44.5 Å². The van der Waals surface area contributed by atoms with Crippen LogP contribution in [0.4, 0.5) is 5.69 Å². The van der Waals surface area contributed by atoms with Gasteiger partial charge in [-0.3, -0.25) is 13.9 Å². The van der Waals surface area contributed by atoms with E-state index in [0.29, 0.717) is 11.3 Å². The molecule has 1 fully saturated rings. The van der Waals surface area contributed by atoms with E-state index >= 15 is 0 Å². The van der Waals surface area contributed by atoms with Crippen molar-refractivity contribution in [3.63, 3.8) is 0 Å². The predicted octanol–water partition coefficient (Wildman–Crippen LogP) is 2.81. The van der Waals surface area contributed by atoms with Gasteiger partial charge in [0.15, 0.2) is 0 Å². The average molecular weight is 444 g/mol. The number of para-hydroxylation sites is 1. The van der Waals surface area contributed by atoms with Gasteiger partial charge in [0, 0.05) is 12.5 Å². The first-order chi connectivity index (χ1) is 14.8. The Kier molecular flexibility index (Phi) is 5.29. The first-order valence-electron chi connectivity index (χ1n) is 10.3. The van der Waals surface area contributed by atoms with E-state index in [1.165, 1.54) is 4.31 Å². The second kappa shape index (κ2) is 7.67. The molecule has 7 nitrogen and oxygen atoms in total. The number of hydrogen-bond donors (Lipinski definition) is 0. The van der Waals surface area contributed by atoms with E-state index in [9.17, 15) is 18.0 Å². The SMILES string of the molecule is CCOC(=O)[C@@H]1[C@H]2CN(S(=O)(=O)c3ccc(C)cc3)c3ccccc3[C@]21C(=O)OCC. The quantitative estimate of drug-likeness (QED) is 0.638. The number of rotatable bonds is 6. The molecule has 0 aromatic heterocycles. The Bertz CT molecular complexity index is 1130. The van der Waals surface area contributed by atoms with Gasteiger partial charge in [0.1, 0.15) is 5.41 Å². The molecule has 0 amide bonds. The van der Waals surface area contributed by atoms with Crippen LogP contribution in [0.15, 0.2) is 53.4 Å². The lowest BCUT2D eigenvalue weighted by atomic mass is 9.88. The molecule has 2 aromatic carbocycles. The third kappa shape index (κ3) is 3.12. The van der Waals surface area contributed by atoms with Crippen LogP contribution in [-0.4, -0.2) is 40.1 Å². The van der Waals surface area contributed by atoms with Gasteiger partial charge in [-0.15, -0.1) is 0 Å². The van der Waals surface area contributed by atoms with Crippen molar-refractivity contribution in [3.8, 4) is 0 Å². The molecule has 8 heteroatoms. The summed E-state index contributed by atoms with van der Waals surface area (Å²) < 4.78 is 38.9. The molecule has 4 rings (SSSR count). The summed E-state index contributed by atoms with van der Waals surface area (Å²) in [7, 11) is -3.90. The molecule has 2 aromatic rings. The molecule has 1 saturated carbocycles. The van der Waals surface area contributed by atoms with E-state index in [1.807, 2.05) is 6.92 Å². The number of sulfonamides is 1. The van der Waals surface area contributed by atoms with Gasteiger partial charge in [0.2, 0.25) is 0 Å². The van der Waals surface area contributed by atoms with Crippen molar-refractivity contribution >= 4 is 27.6 Å². The second-order valence-corrected chi connectivity index (χ2v) is 9.65. The normalized spacial score (nSPS) is 24.0. The number of nitrogens with zero attached hydrogens (tertiary/aromatic N) is 1. The molecular formula is C23H25NO6S. The van der Waals surface area contributed by atoms with E-state index in [0.717, 1.165) is 5.56 Å². The van der Waals surface area contributed by atoms with E-state index in [4.69, 9.17) is 9.47 Å². The Balaban J connectivity index is 1.85. The first kappa shape index (κ1) is 21.4. The Hall–Kier alpha value is -2.87. The maximum absolute atomic E-state index is 13.5. The molecular weight excluding hydrogens is 418 g/mol. The molecule has 1 heterocycles. The average Bonchev–Trinajstić information content (AvgIpc) is 3.44. The van der Waals surface area contributed by atoms with Crippen molar-refractivity contribution in [1.29, 1.82) is 0 Å². The number of fused-ring (bicyclic) bond motifs is 3. The van der Waals surface area contributed by atoms with Crippen molar-refractivity contribution < 1.29 is 27.5 Å². The van der Waals surface area contributed by atoms with Crippen LogP contribution in [0.25, 0.3) is 0 Å². The first-order valence-corrected chi connectivity index (χ1v) is 11.8. The van der Waals surface area contributed by atoms with Gasteiger partial charge in [-0.1, -0.05) is 35.9 Å². The van der Waals surface area contributed by atoms with Crippen LogP contribution in [0, 0.1) is 18.8 Å². The molecule has 3 atom stereocenters. The van der Waals surface area contributed by atoms with Crippen LogP contribution < -0.4 is 4.31 Å². The molecule has 0 N–H and O–H groups in total. The summed E-state index contributed by atoms with van der Waals surface area (Å²) in [6.45, 7) is 5.62. The summed E-state index contributed by atoms with van der Waals surface area (Å²) in [5.41, 5.74) is 0.597. The fourth-order valence-corrected chi connectivity index (χ4v) is 6.19. The van der Waals surface area contributed by atoms with Crippen molar-refractivity contribution in [2.24, 2.45) is 11.8 Å². The molecule has 0 saturated heterocycles. The standard InChI is InChI=1S/C23H25NO6S/c1-4-29-21(25)20-18-14-24(31(27,28)16-12-10-15(3)11-13-16)19-9-7-6-8-17(19)23(18,20)22(26)30-5-2/h6-13,18,20H,4-5,14H2,1-3H3/t18-,20+,23+/m1/s1. The largest absolute Gasteiger partial charge is 0.466 e. The number of esters is 2. The van der Waals surface area contributed by atoms with Gasteiger partial charge in [0.05, 0.1) is 29.7 Å². The van der Waals surface area contributed by atoms with Crippen molar-refractivity contribution in [2.45, 2.75) is 31.1 Å². The maximum atomic E-state index is 13.5. The van der Waals surface area contributed by atoms with E-state index in [1.54, 1.807) is 62.4 Å². The zero-order valence-corrected chi connectivity index (χ0v) is 18.5. The predicted molar refractivity (Wildman–Crippen MR) is 114 cm³/mol. The lowest BCUT2D eigenvalue weighted by molar-refractivity contribution is -0.152. The number of aryl methyl sites for hydroxylation is 1. The lowest BCUT2D eigenvalue weighted by Crippen LogP contribution is -2.41. The molecule has 0 unspecified atom stereocenters. The summed E-state index contributed by atoms with van der Waals surface area (Å²) in [4.78, 5) is 26.0. The number of benzene rings is 2. The fourth-order valence-electron chi connectivity index (χ4n) is 4.68. The van der Waals surface area contributed by atoms with Crippen LogP contribution >= 0.6 is 0 Å². The molecule has 0 spiro atoms. The highest BCUT2D eigenvalue weighted by atomic mass is 32.2. The fraction of sp³-hybridized carbons (Fsp3) is 0.391. The highest BCUT2D eigenvalue weighted by Crippen LogP contribution is 2.66. The Morgan fingerprint density at radius 1 is 1.03 bits per heavy atom. The van der Waals surface area contributed by atoms with Gasteiger partial charge in [0.25, 0.3) is 10.0 Å². The van der Waals surface area contributed by atoms with Crippen LogP contribution in [-0.2, 0) is 34.5 Å². The smallest absolute Gasteiger partial charge is 0.317 e. The summed E-state index contributed by atoms with van der Waals surface area (Å²) in [6, 6.07) is 13.4. The number of anilines is 1. The summed E-state index contributed by atoms with van der Waals surface area (Å²) in [5.74, 6) is -2.37. The summed E-state index contributed by atoms with van der Waals surface area (Å²) in [5, 5.41) is 0. The molecule has 1 aliphatic heterocycles. The number of carbonyl (C=O) groups is 2. The zero-order chi connectivity index (χ0) is 22.4. The van der Waals surface area contributed by atoms with E-state index in [-0.39, 0.29) is 24.7 Å². The Morgan fingerprint density at radius 2 is 1.68 bits per heavy atom. The van der Waals surface area contributed by atoms with Gasteiger partial charge in [-0.2, -0.15) is 0 Å². The topological polar surface area (TPSA) is 90.0 Å². The molecule has 2 aliphatic rings. The minimum atomic E-state index is -3.90. The second-order valence-electron chi connectivity index (χ2n) is 7.79. The number of hydrogen-bond acceptors (Lipinski definition) is 6. The van der Waals surface area contributed by atoms with Crippen LogP contribution in [0.5, 0.6) is 0 Å². The molecule has 1 aliphatic carbocycles. The van der Waals surface area contributed by atoms with E-state index in [2.05, 4.69) is 0 Å². The van der Waals surface area contributed by atoms with Crippen molar-refractivity contribution in [2.75, 3.05) is 24.1 Å². The summed E-state index contributed by atoms with van der Waals surface area (Å²) >= 11 is 0. The highest BCUT2D eigenvalue weighted by molar-refractivity contribution is 7.92. The van der Waals surface area contributed by atoms with Crippen molar-refractivity contribution in [3.05, 3.63) is 59.7 Å². The molecule has 0 bridgehead atoms. The zero-order valence-electron chi connectivity index (χ0n) is 17.7. The molecule has 164 valence electrons. The van der Waals surface area contributed by atoms with Crippen LogP contribution in [0.1, 0.15) is 25.0 Å². The minimum Gasteiger partial charge on any atom is -0.466 e. The van der Waals surface area contributed by atoms with Crippen LogP contribution in [0.3, 0.4) is 0 Å². The monoisotopic (exact) mass is 443 g/mol. The minimum absolute atomic E-state index is 0.00445. The highest BCUT2D eigenvalue weighted by Gasteiger charge is 2.78. The Labute approximate surface area is 182 Å². The maximum Gasteiger partial charge on any atom is 0.317 e. The molecule has 0 radical (unpaired) electrons. The molecule has 31 heavy (non-hydrogen) atoms. The third-order valence-electron chi connectivity index (χ3n) is 6.11. The number of ether oxygens (including phenoxy) is 2. The van der Waals surface area contributed by atoms with Crippen molar-refractivity contribution in [1.82, 2.24) is 0 Å². The van der Waals surface area contributed by atoms with Gasteiger partial charge < -0.3 is 9.47 Å². The Morgan fingerprint density at radius 3 is 2.32 bits per heavy atom. The number of carbonyl (C=O) groups excluding carboxylic acids is 2. The van der Waals surface area contributed by atoms with Crippen LogP contribution in [0.2, 0.25) is 0 Å². The third-order valence-corrected chi connectivity index (χ3v) is 7.91. The van der Waals surface area contributed by atoms with Gasteiger partial charge in [-0.25, -0.2) is 8.42 Å². The van der Waals surface area contributed by atoms with E-state index < -0.39 is 39.2 Å².